The van der Waals surface area contributed by atoms with Crippen LogP contribution in [0.25, 0.3) is 0 Å². The lowest BCUT2D eigenvalue weighted by atomic mass is 9.56. The van der Waals surface area contributed by atoms with E-state index in [1.165, 1.54) is 32.1 Å². The van der Waals surface area contributed by atoms with E-state index in [0.717, 1.165) is 5.92 Å². The average Bonchev–Trinajstić information content (AvgIpc) is 2.81. The molecule has 16 heavy (non-hydrogen) atoms. The molecule has 3 rings (SSSR count). The molecule has 2 saturated carbocycles. The van der Waals surface area contributed by atoms with E-state index < -0.39 is 0 Å². The molecule has 0 heterocycles. The molecule has 0 amide bonds. The van der Waals surface area contributed by atoms with Gasteiger partial charge >= 0.3 is 0 Å². The van der Waals surface area contributed by atoms with Gasteiger partial charge in [-0.3, -0.25) is 0 Å². The Kier molecular flexibility index (Phi) is 1.98. The lowest BCUT2D eigenvalue weighted by molar-refractivity contribution is -0.00503. The summed E-state index contributed by atoms with van der Waals surface area (Å²) in [6, 6.07) is 0. The SMILES string of the molecule is CC1=CC(C)(CO)C23CCCC12C(C)CC3. The minimum absolute atomic E-state index is 0.0539. The van der Waals surface area contributed by atoms with Crippen molar-refractivity contribution in [3.8, 4) is 0 Å². The highest BCUT2D eigenvalue weighted by Crippen LogP contribution is 2.77. The zero-order chi connectivity index (χ0) is 11.6. The first kappa shape index (κ1) is 10.8. The van der Waals surface area contributed by atoms with E-state index >= 15 is 0 Å². The Labute approximate surface area is 98.9 Å². The highest BCUT2D eigenvalue weighted by atomic mass is 16.3. The average molecular weight is 220 g/mol. The topological polar surface area (TPSA) is 20.2 Å². The van der Waals surface area contributed by atoms with Crippen molar-refractivity contribution in [3.63, 3.8) is 0 Å². The van der Waals surface area contributed by atoms with E-state index in [9.17, 15) is 5.11 Å². The van der Waals surface area contributed by atoms with Crippen LogP contribution in [-0.4, -0.2) is 11.7 Å². The maximum Gasteiger partial charge on any atom is 0.0525 e. The maximum absolute atomic E-state index is 9.87. The number of hydrogen-bond donors (Lipinski definition) is 1. The quantitative estimate of drug-likeness (QED) is 0.670. The van der Waals surface area contributed by atoms with E-state index in [2.05, 4.69) is 26.8 Å². The predicted octanol–water partition coefficient (Wildman–Crippen LogP) is 3.53. The Morgan fingerprint density at radius 2 is 2.12 bits per heavy atom. The first-order valence-corrected chi connectivity index (χ1v) is 6.83. The first-order chi connectivity index (χ1) is 7.52. The van der Waals surface area contributed by atoms with Crippen LogP contribution in [0.5, 0.6) is 0 Å². The van der Waals surface area contributed by atoms with Crippen LogP contribution in [0.15, 0.2) is 11.6 Å². The van der Waals surface area contributed by atoms with Crippen LogP contribution < -0.4 is 0 Å². The Morgan fingerprint density at radius 1 is 1.38 bits per heavy atom. The predicted molar refractivity (Wildman–Crippen MR) is 66.1 cm³/mol. The fraction of sp³-hybridized carbons (Fsp3) is 0.867. The van der Waals surface area contributed by atoms with Gasteiger partial charge < -0.3 is 5.11 Å². The number of aliphatic hydroxyl groups excluding tert-OH is 1. The number of rotatable bonds is 1. The first-order valence-electron chi connectivity index (χ1n) is 6.83. The molecule has 0 bridgehead atoms. The molecular weight excluding hydrogens is 196 g/mol. The molecule has 1 N–H and O–H groups in total. The molecule has 0 radical (unpaired) electrons. The molecule has 3 aliphatic carbocycles. The summed E-state index contributed by atoms with van der Waals surface area (Å²) in [5.41, 5.74) is 2.49. The molecule has 4 unspecified atom stereocenters. The molecule has 0 spiro atoms. The van der Waals surface area contributed by atoms with Crippen molar-refractivity contribution in [1.29, 1.82) is 0 Å². The lowest BCUT2D eigenvalue weighted by Gasteiger charge is -2.47. The monoisotopic (exact) mass is 220 g/mol. The molecule has 0 saturated heterocycles. The minimum Gasteiger partial charge on any atom is -0.395 e. The molecular formula is C15H24O. The van der Waals surface area contributed by atoms with Crippen molar-refractivity contribution < 1.29 is 5.11 Å². The molecule has 0 aromatic carbocycles. The maximum atomic E-state index is 9.87. The van der Waals surface area contributed by atoms with Crippen molar-refractivity contribution in [3.05, 3.63) is 11.6 Å². The van der Waals surface area contributed by atoms with E-state index in [1.54, 1.807) is 5.57 Å². The summed E-state index contributed by atoms with van der Waals surface area (Å²) in [6.07, 6.45) is 9.18. The second kappa shape index (κ2) is 2.93. The van der Waals surface area contributed by atoms with Gasteiger partial charge in [0.2, 0.25) is 0 Å². The van der Waals surface area contributed by atoms with Gasteiger partial charge in [-0.25, -0.2) is 0 Å². The van der Waals surface area contributed by atoms with Gasteiger partial charge in [0.15, 0.2) is 0 Å². The number of aliphatic hydroxyl groups is 1. The molecule has 1 nitrogen and oxygen atoms in total. The van der Waals surface area contributed by atoms with Crippen LogP contribution in [0.2, 0.25) is 0 Å². The number of allylic oxidation sites excluding steroid dienone is 1. The third-order valence-corrected chi connectivity index (χ3v) is 6.53. The van der Waals surface area contributed by atoms with Gasteiger partial charge in [0, 0.05) is 10.8 Å². The van der Waals surface area contributed by atoms with Crippen LogP contribution in [0.3, 0.4) is 0 Å². The summed E-state index contributed by atoms with van der Waals surface area (Å²) in [6.45, 7) is 7.39. The van der Waals surface area contributed by atoms with Crippen molar-refractivity contribution in [1.82, 2.24) is 0 Å². The zero-order valence-electron chi connectivity index (χ0n) is 10.8. The molecule has 4 atom stereocenters. The van der Waals surface area contributed by atoms with E-state index in [1.807, 2.05) is 0 Å². The fourth-order valence-corrected chi connectivity index (χ4v) is 5.89. The van der Waals surface area contributed by atoms with E-state index in [-0.39, 0.29) is 5.41 Å². The highest BCUT2D eigenvalue weighted by molar-refractivity contribution is 5.38. The summed E-state index contributed by atoms with van der Waals surface area (Å²) in [4.78, 5) is 0. The van der Waals surface area contributed by atoms with Crippen LogP contribution in [0, 0.1) is 22.2 Å². The second-order valence-electron chi connectivity index (χ2n) is 6.75. The van der Waals surface area contributed by atoms with E-state index in [0.29, 0.717) is 17.4 Å². The lowest BCUT2D eigenvalue weighted by Crippen LogP contribution is -2.44. The highest BCUT2D eigenvalue weighted by Gasteiger charge is 2.70. The van der Waals surface area contributed by atoms with E-state index in [4.69, 9.17) is 0 Å². The third kappa shape index (κ3) is 0.827. The summed E-state index contributed by atoms with van der Waals surface area (Å²) < 4.78 is 0. The van der Waals surface area contributed by atoms with Gasteiger partial charge in [-0.2, -0.15) is 0 Å². The molecule has 0 aromatic rings. The summed E-state index contributed by atoms with van der Waals surface area (Å²) in [7, 11) is 0. The third-order valence-electron chi connectivity index (χ3n) is 6.53. The normalized spacial score (nSPS) is 55.0. The van der Waals surface area contributed by atoms with Crippen LogP contribution in [-0.2, 0) is 0 Å². The second-order valence-corrected chi connectivity index (χ2v) is 6.75. The Balaban J connectivity index is 2.20. The Hall–Kier alpha value is -0.300. The molecule has 0 aliphatic heterocycles. The Morgan fingerprint density at radius 3 is 2.81 bits per heavy atom. The van der Waals surface area contributed by atoms with Gasteiger partial charge in [0.1, 0.15) is 0 Å². The van der Waals surface area contributed by atoms with Crippen LogP contribution in [0.1, 0.15) is 52.9 Å². The molecule has 2 fully saturated rings. The van der Waals surface area contributed by atoms with Crippen molar-refractivity contribution >= 4 is 0 Å². The smallest absolute Gasteiger partial charge is 0.0525 e. The van der Waals surface area contributed by atoms with Gasteiger partial charge in [-0.1, -0.05) is 31.9 Å². The molecule has 1 heteroatoms. The molecule has 0 aromatic heterocycles. The zero-order valence-corrected chi connectivity index (χ0v) is 10.8. The van der Waals surface area contributed by atoms with Gasteiger partial charge in [0.05, 0.1) is 6.61 Å². The van der Waals surface area contributed by atoms with Gasteiger partial charge in [-0.15, -0.1) is 0 Å². The molecule has 3 aliphatic rings. The van der Waals surface area contributed by atoms with Crippen molar-refractivity contribution in [2.24, 2.45) is 22.2 Å². The van der Waals surface area contributed by atoms with Gasteiger partial charge in [0.25, 0.3) is 0 Å². The Bertz CT molecular complexity index is 358. The van der Waals surface area contributed by atoms with Crippen LogP contribution >= 0.6 is 0 Å². The largest absolute Gasteiger partial charge is 0.395 e. The van der Waals surface area contributed by atoms with Crippen molar-refractivity contribution in [2.45, 2.75) is 52.9 Å². The van der Waals surface area contributed by atoms with Crippen molar-refractivity contribution in [2.75, 3.05) is 6.61 Å². The minimum atomic E-state index is 0.0539. The molecule has 90 valence electrons. The summed E-state index contributed by atoms with van der Waals surface area (Å²) in [5.74, 6) is 0.819. The van der Waals surface area contributed by atoms with Gasteiger partial charge in [-0.05, 0) is 43.9 Å². The summed E-state index contributed by atoms with van der Waals surface area (Å²) >= 11 is 0. The standard InChI is InChI=1S/C15H24O/c1-11-5-8-14-6-4-7-15(11,14)12(2)9-13(14,3)10-16/h9,11,16H,4-8,10H2,1-3H3. The van der Waals surface area contributed by atoms with Crippen LogP contribution in [0.4, 0.5) is 0 Å². The fourth-order valence-electron chi connectivity index (χ4n) is 5.89. The summed E-state index contributed by atoms with van der Waals surface area (Å²) in [5, 5.41) is 9.87. The number of hydrogen-bond acceptors (Lipinski definition) is 1.